The highest BCUT2D eigenvalue weighted by Crippen LogP contribution is 2.34. The number of hydrogen-bond acceptors (Lipinski definition) is 7. The lowest BCUT2D eigenvalue weighted by Crippen LogP contribution is -2.53. The number of sulfonamides is 1. The molecule has 11 nitrogen and oxygen atoms in total. The van der Waals surface area contributed by atoms with E-state index in [1.54, 1.807) is 19.1 Å². The van der Waals surface area contributed by atoms with Crippen LogP contribution in [0.2, 0.25) is 10.0 Å². The van der Waals surface area contributed by atoms with Crippen LogP contribution in [0.1, 0.15) is 44.6 Å². The zero-order chi connectivity index (χ0) is 29.6. The van der Waals surface area contributed by atoms with Gasteiger partial charge in [-0.05, 0) is 43.5 Å². The molecule has 1 aliphatic rings. The van der Waals surface area contributed by atoms with E-state index in [-0.39, 0.29) is 40.6 Å². The molecule has 0 saturated heterocycles. The molecule has 1 saturated carbocycles. The highest BCUT2D eigenvalue weighted by molar-refractivity contribution is 7.92. The van der Waals surface area contributed by atoms with E-state index in [1.807, 2.05) is 0 Å². The van der Waals surface area contributed by atoms with Crippen LogP contribution in [-0.4, -0.2) is 62.0 Å². The summed E-state index contributed by atoms with van der Waals surface area (Å²) < 4.78 is 31.7. The number of nitrogens with one attached hydrogen (secondary N) is 1. The van der Waals surface area contributed by atoms with Crippen LogP contribution in [0, 0.1) is 10.1 Å². The molecule has 1 unspecified atom stereocenters. The molecule has 1 aliphatic carbocycles. The number of rotatable bonds is 11. The van der Waals surface area contributed by atoms with Crippen LogP contribution in [0.15, 0.2) is 36.4 Å². The first-order valence-corrected chi connectivity index (χ1v) is 15.3. The smallest absolute Gasteiger partial charge is 0.271 e. The van der Waals surface area contributed by atoms with Crippen molar-refractivity contribution in [3.05, 3.63) is 62.1 Å². The van der Waals surface area contributed by atoms with E-state index in [4.69, 9.17) is 27.9 Å². The van der Waals surface area contributed by atoms with Gasteiger partial charge in [-0.25, -0.2) is 8.42 Å². The summed E-state index contributed by atoms with van der Waals surface area (Å²) in [4.78, 5) is 39.0. The number of methoxy groups -OCH3 is 1. The molecule has 2 aromatic rings. The minimum atomic E-state index is -4.14. The SMILES string of the molecule is COc1ccc([N+](=O)[O-])cc1N(CC(=O)N(Cc1ccc(Cl)cc1Cl)C(C)C(=O)NC1CCCCC1)S(C)(=O)=O. The van der Waals surface area contributed by atoms with Gasteiger partial charge in [-0.15, -0.1) is 0 Å². The number of amides is 2. The second-order valence-electron chi connectivity index (χ2n) is 9.66. The Bertz CT molecular complexity index is 1370. The highest BCUT2D eigenvalue weighted by atomic mass is 35.5. The third kappa shape index (κ3) is 7.98. The molecule has 0 aliphatic heterocycles. The van der Waals surface area contributed by atoms with Gasteiger partial charge in [0.25, 0.3) is 5.69 Å². The van der Waals surface area contributed by atoms with E-state index in [9.17, 15) is 28.1 Å². The fourth-order valence-corrected chi connectivity index (χ4v) is 5.88. The topological polar surface area (TPSA) is 139 Å². The first-order chi connectivity index (χ1) is 18.8. The zero-order valence-corrected chi connectivity index (χ0v) is 24.8. The molecular formula is C26H32Cl2N4O7S. The van der Waals surface area contributed by atoms with Crippen molar-refractivity contribution in [1.29, 1.82) is 0 Å². The molecule has 1 atom stereocenters. The number of nitro benzene ring substituents is 1. The van der Waals surface area contributed by atoms with Crippen LogP contribution in [0.5, 0.6) is 5.75 Å². The fraction of sp³-hybridized carbons (Fsp3) is 0.462. The third-order valence-corrected chi connectivity index (χ3v) is 8.51. The maximum absolute atomic E-state index is 13.8. The molecule has 14 heteroatoms. The highest BCUT2D eigenvalue weighted by Gasteiger charge is 2.33. The average molecular weight is 616 g/mol. The van der Waals surface area contributed by atoms with Crippen molar-refractivity contribution in [3.63, 3.8) is 0 Å². The monoisotopic (exact) mass is 614 g/mol. The van der Waals surface area contributed by atoms with E-state index < -0.39 is 33.4 Å². The zero-order valence-electron chi connectivity index (χ0n) is 22.4. The van der Waals surface area contributed by atoms with Gasteiger partial charge in [-0.1, -0.05) is 48.5 Å². The number of non-ortho nitro benzene ring substituents is 1. The van der Waals surface area contributed by atoms with Gasteiger partial charge in [0, 0.05) is 34.8 Å². The Morgan fingerprint density at radius 1 is 1.15 bits per heavy atom. The van der Waals surface area contributed by atoms with Gasteiger partial charge >= 0.3 is 0 Å². The molecule has 0 heterocycles. The summed E-state index contributed by atoms with van der Waals surface area (Å²) in [7, 11) is -2.86. The lowest BCUT2D eigenvalue weighted by atomic mass is 9.95. The lowest BCUT2D eigenvalue weighted by molar-refractivity contribution is -0.384. The summed E-state index contributed by atoms with van der Waals surface area (Å²) in [5.41, 5.74) is -0.0752. The van der Waals surface area contributed by atoms with Crippen molar-refractivity contribution in [2.45, 2.75) is 57.7 Å². The number of ether oxygens (including phenoxy) is 1. The van der Waals surface area contributed by atoms with Gasteiger partial charge in [0.2, 0.25) is 21.8 Å². The minimum Gasteiger partial charge on any atom is -0.495 e. The van der Waals surface area contributed by atoms with Crippen molar-refractivity contribution < 1.29 is 27.7 Å². The second-order valence-corrected chi connectivity index (χ2v) is 12.4. The van der Waals surface area contributed by atoms with Gasteiger partial charge in [0.1, 0.15) is 24.0 Å². The molecule has 1 N–H and O–H groups in total. The number of carbonyl (C=O) groups is 2. The summed E-state index contributed by atoms with van der Waals surface area (Å²) in [5, 5.41) is 15.1. The molecule has 40 heavy (non-hydrogen) atoms. The van der Waals surface area contributed by atoms with E-state index >= 15 is 0 Å². The standard InChI is InChI=1S/C26H32Cl2N4O7S/c1-17(26(34)29-20-7-5-4-6-8-20)30(15-18-9-10-19(27)13-22(18)28)25(33)16-31(40(3,37)38)23-14-21(32(35)36)11-12-24(23)39-2/h9-14,17,20H,4-8,15-16H2,1-3H3,(H,29,34). The van der Waals surface area contributed by atoms with Crippen LogP contribution in [-0.2, 0) is 26.2 Å². The van der Waals surface area contributed by atoms with Crippen molar-refractivity contribution >= 4 is 56.4 Å². The number of hydrogen-bond donors (Lipinski definition) is 1. The lowest BCUT2D eigenvalue weighted by Gasteiger charge is -2.33. The van der Waals surface area contributed by atoms with Crippen molar-refractivity contribution in [1.82, 2.24) is 10.2 Å². The van der Waals surface area contributed by atoms with Gasteiger partial charge in [-0.2, -0.15) is 0 Å². The number of benzene rings is 2. The molecule has 0 aromatic heterocycles. The van der Waals surface area contributed by atoms with Crippen LogP contribution in [0.25, 0.3) is 0 Å². The number of nitro groups is 1. The minimum absolute atomic E-state index is 0.0126. The Labute approximate surface area is 243 Å². The molecule has 0 radical (unpaired) electrons. The molecule has 0 bridgehead atoms. The number of nitrogens with zero attached hydrogens (tertiary/aromatic N) is 3. The first-order valence-electron chi connectivity index (χ1n) is 12.7. The van der Waals surface area contributed by atoms with Crippen LogP contribution in [0.3, 0.4) is 0 Å². The van der Waals surface area contributed by atoms with Crippen LogP contribution in [0.4, 0.5) is 11.4 Å². The van der Waals surface area contributed by atoms with Crippen molar-refractivity contribution in [3.8, 4) is 5.75 Å². The normalized spacial score (nSPS) is 14.7. The maximum Gasteiger partial charge on any atom is 0.271 e. The van der Waals surface area contributed by atoms with E-state index in [2.05, 4.69) is 5.32 Å². The molecule has 0 spiro atoms. The Morgan fingerprint density at radius 3 is 2.40 bits per heavy atom. The molecule has 2 amide bonds. The summed E-state index contributed by atoms with van der Waals surface area (Å²) >= 11 is 12.4. The Kier molecular flexibility index (Phi) is 10.6. The summed E-state index contributed by atoms with van der Waals surface area (Å²) in [5.74, 6) is -1.10. The Morgan fingerprint density at radius 2 is 1.82 bits per heavy atom. The van der Waals surface area contributed by atoms with E-state index in [1.165, 1.54) is 24.1 Å². The Balaban J connectivity index is 1.98. The second kappa shape index (κ2) is 13.5. The molecule has 1 fully saturated rings. The first kappa shape index (κ1) is 31.4. The summed E-state index contributed by atoms with van der Waals surface area (Å²) in [6.07, 6.45) is 5.64. The predicted octanol–water partition coefficient (Wildman–Crippen LogP) is 4.54. The number of halogens is 2. The van der Waals surface area contributed by atoms with Crippen LogP contribution < -0.4 is 14.4 Å². The summed E-state index contributed by atoms with van der Waals surface area (Å²) in [6, 6.07) is 7.15. The van der Waals surface area contributed by atoms with Crippen LogP contribution >= 0.6 is 23.2 Å². The van der Waals surface area contributed by atoms with Crippen molar-refractivity contribution in [2.75, 3.05) is 24.2 Å². The third-order valence-electron chi connectivity index (χ3n) is 6.80. The van der Waals surface area contributed by atoms with E-state index in [0.29, 0.717) is 10.6 Å². The fourth-order valence-electron chi connectivity index (χ4n) is 4.57. The van der Waals surface area contributed by atoms with E-state index in [0.717, 1.165) is 54.8 Å². The van der Waals surface area contributed by atoms with Gasteiger partial charge in [0.15, 0.2) is 0 Å². The predicted molar refractivity (Wildman–Crippen MR) is 153 cm³/mol. The van der Waals surface area contributed by atoms with Gasteiger partial charge in [0.05, 0.1) is 18.3 Å². The quantitative estimate of drug-likeness (QED) is 0.289. The largest absolute Gasteiger partial charge is 0.495 e. The maximum atomic E-state index is 13.8. The van der Waals surface area contributed by atoms with Crippen molar-refractivity contribution in [2.24, 2.45) is 0 Å². The number of anilines is 1. The van der Waals surface area contributed by atoms with Gasteiger partial charge < -0.3 is 15.0 Å². The summed E-state index contributed by atoms with van der Waals surface area (Å²) in [6.45, 7) is 0.693. The molecular weight excluding hydrogens is 583 g/mol. The number of carbonyl (C=O) groups excluding carboxylic acids is 2. The molecule has 2 aromatic carbocycles. The Hall–Kier alpha value is -3.09. The molecule has 3 rings (SSSR count). The van der Waals surface area contributed by atoms with Gasteiger partial charge in [-0.3, -0.25) is 24.0 Å². The average Bonchev–Trinajstić information content (AvgIpc) is 2.90. The molecule has 218 valence electrons.